The fourth-order valence-electron chi connectivity index (χ4n) is 1.30. The van der Waals surface area contributed by atoms with Crippen molar-refractivity contribution in [2.45, 2.75) is 19.8 Å². The average Bonchev–Trinajstić information content (AvgIpc) is 2.27. The van der Waals surface area contributed by atoms with Gasteiger partial charge in [0.15, 0.2) is 0 Å². The summed E-state index contributed by atoms with van der Waals surface area (Å²) in [6.45, 7) is 4.20. The van der Waals surface area contributed by atoms with E-state index < -0.39 is 0 Å². The Kier molecular flexibility index (Phi) is 3.86. The largest absolute Gasteiger partial charge is 0.277 e. The minimum Gasteiger partial charge on any atom is -0.274 e. The zero-order valence-electron chi connectivity index (χ0n) is 9.65. The van der Waals surface area contributed by atoms with Crippen molar-refractivity contribution in [3.63, 3.8) is 0 Å². The van der Waals surface area contributed by atoms with Gasteiger partial charge in [-0.05, 0) is 23.6 Å². The van der Waals surface area contributed by atoms with Crippen LogP contribution in [-0.4, -0.2) is 25.1 Å². The van der Waals surface area contributed by atoms with Crippen LogP contribution in [0.5, 0.6) is 0 Å². The van der Waals surface area contributed by atoms with Crippen molar-refractivity contribution in [3.05, 3.63) is 35.4 Å². The van der Waals surface area contributed by atoms with E-state index in [1.807, 2.05) is 18.2 Å². The highest BCUT2D eigenvalue weighted by molar-refractivity contribution is 5.93. The molecule has 0 aliphatic carbocycles. The van der Waals surface area contributed by atoms with Gasteiger partial charge in [0.05, 0.1) is 7.11 Å². The maximum atomic E-state index is 11.8. The van der Waals surface area contributed by atoms with Gasteiger partial charge in [-0.2, -0.15) is 0 Å². The molecule has 1 rings (SSSR count). The second-order valence-electron chi connectivity index (χ2n) is 3.77. The summed E-state index contributed by atoms with van der Waals surface area (Å²) in [5, 5.41) is 1.22. The SMILES string of the molecule is CON(C)C(=O)c1cccc(C(C)C)c1. The summed E-state index contributed by atoms with van der Waals surface area (Å²) in [5.41, 5.74) is 1.82. The lowest BCUT2D eigenvalue weighted by Gasteiger charge is -2.14. The number of hydroxylamine groups is 2. The molecule has 0 bridgehead atoms. The van der Waals surface area contributed by atoms with Crippen LogP contribution in [0.15, 0.2) is 24.3 Å². The standard InChI is InChI=1S/C12H17NO2/c1-9(2)10-6-5-7-11(8-10)12(14)13(3)15-4/h5-9H,1-4H3. The molecule has 0 spiro atoms. The number of rotatable bonds is 3. The summed E-state index contributed by atoms with van der Waals surface area (Å²) in [5.74, 6) is 0.297. The molecule has 0 radical (unpaired) electrons. The molecule has 1 amide bonds. The molecule has 0 atom stereocenters. The molecule has 0 N–H and O–H groups in total. The highest BCUT2D eigenvalue weighted by atomic mass is 16.7. The average molecular weight is 207 g/mol. The molecule has 1 aromatic rings. The molecule has 0 saturated carbocycles. The molecular weight excluding hydrogens is 190 g/mol. The Balaban J connectivity index is 2.95. The van der Waals surface area contributed by atoms with E-state index >= 15 is 0 Å². The van der Waals surface area contributed by atoms with Crippen LogP contribution in [0.4, 0.5) is 0 Å². The van der Waals surface area contributed by atoms with Crippen molar-refractivity contribution < 1.29 is 9.63 Å². The van der Waals surface area contributed by atoms with Crippen LogP contribution in [0.25, 0.3) is 0 Å². The molecule has 0 aliphatic rings. The van der Waals surface area contributed by atoms with E-state index in [-0.39, 0.29) is 5.91 Å². The minimum absolute atomic E-state index is 0.125. The number of carbonyl (C=O) groups excluding carboxylic acids is 1. The predicted octanol–water partition coefficient (Wildman–Crippen LogP) is 2.44. The van der Waals surface area contributed by atoms with E-state index in [1.165, 1.54) is 12.2 Å². The van der Waals surface area contributed by atoms with Crippen LogP contribution in [0.3, 0.4) is 0 Å². The molecule has 0 saturated heterocycles. The second kappa shape index (κ2) is 4.94. The summed E-state index contributed by atoms with van der Waals surface area (Å²) in [4.78, 5) is 16.6. The monoisotopic (exact) mass is 207 g/mol. The third-order valence-corrected chi connectivity index (χ3v) is 2.36. The number of hydrogen-bond donors (Lipinski definition) is 0. The molecule has 0 aliphatic heterocycles. The Morgan fingerprint density at radius 2 is 2.07 bits per heavy atom. The summed E-state index contributed by atoms with van der Waals surface area (Å²) < 4.78 is 0. The first-order valence-electron chi connectivity index (χ1n) is 4.98. The van der Waals surface area contributed by atoms with Gasteiger partial charge >= 0.3 is 0 Å². The normalized spacial score (nSPS) is 10.5. The van der Waals surface area contributed by atoms with Crippen molar-refractivity contribution in [3.8, 4) is 0 Å². The zero-order chi connectivity index (χ0) is 11.4. The first-order chi connectivity index (χ1) is 7.06. The summed E-state index contributed by atoms with van der Waals surface area (Å²) >= 11 is 0. The quantitative estimate of drug-likeness (QED) is 0.712. The number of carbonyl (C=O) groups is 1. The molecule has 0 fully saturated rings. The van der Waals surface area contributed by atoms with Gasteiger partial charge in [0.25, 0.3) is 5.91 Å². The van der Waals surface area contributed by atoms with Crippen LogP contribution in [0.1, 0.15) is 35.7 Å². The third kappa shape index (κ3) is 2.80. The maximum Gasteiger partial charge on any atom is 0.277 e. The lowest BCUT2D eigenvalue weighted by Crippen LogP contribution is -2.25. The summed E-state index contributed by atoms with van der Waals surface area (Å²) in [6.07, 6.45) is 0. The van der Waals surface area contributed by atoms with Gasteiger partial charge < -0.3 is 0 Å². The van der Waals surface area contributed by atoms with Gasteiger partial charge in [-0.25, -0.2) is 5.06 Å². The zero-order valence-corrected chi connectivity index (χ0v) is 9.65. The molecule has 3 nitrogen and oxygen atoms in total. The molecule has 3 heteroatoms. The van der Waals surface area contributed by atoms with Crippen LogP contribution >= 0.6 is 0 Å². The molecular formula is C12H17NO2. The Morgan fingerprint density at radius 1 is 1.40 bits per heavy atom. The Morgan fingerprint density at radius 3 is 2.60 bits per heavy atom. The Hall–Kier alpha value is -1.35. The van der Waals surface area contributed by atoms with Gasteiger partial charge in [0.1, 0.15) is 0 Å². The third-order valence-electron chi connectivity index (χ3n) is 2.36. The lowest BCUT2D eigenvalue weighted by molar-refractivity contribution is -0.0757. The second-order valence-corrected chi connectivity index (χ2v) is 3.77. The van der Waals surface area contributed by atoms with Gasteiger partial charge in [-0.1, -0.05) is 26.0 Å². The lowest BCUT2D eigenvalue weighted by atomic mass is 10.0. The minimum atomic E-state index is -0.125. The molecule has 1 aromatic carbocycles. The maximum absolute atomic E-state index is 11.8. The Bertz CT molecular complexity index is 347. The summed E-state index contributed by atoms with van der Waals surface area (Å²) in [6, 6.07) is 7.62. The number of hydrogen-bond acceptors (Lipinski definition) is 2. The first-order valence-corrected chi connectivity index (χ1v) is 4.98. The van der Waals surface area contributed by atoms with E-state index in [0.29, 0.717) is 11.5 Å². The van der Waals surface area contributed by atoms with Crippen molar-refractivity contribution in [2.75, 3.05) is 14.2 Å². The molecule has 82 valence electrons. The van der Waals surface area contributed by atoms with Gasteiger partial charge in [-0.15, -0.1) is 0 Å². The topological polar surface area (TPSA) is 29.5 Å². The fourth-order valence-corrected chi connectivity index (χ4v) is 1.30. The summed E-state index contributed by atoms with van der Waals surface area (Å²) in [7, 11) is 3.08. The van der Waals surface area contributed by atoms with E-state index in [9.17, 15) is 4.79 Å². The van der Waals surface area contributed by atoms with Crippen LogP contribution in [0.2, 0.25) is 0 Å². The van der Waals surface area contributed by atoms with Gasteiger partial charge in [0, 0.05) is 12.6 Å². The molecule has 0 unspecified atom stereocenters. The molecule has 0 aromatic heterocycles. The predicted molar refractivity (Wildman–Crippen MR) is 59.6 cm³/mol. The van der Waals surface area contributed by atoms with Gasteiger partial charge in [0.2, 0.25) is 0 Å². The van der Waals surface area contributed by atoms with Gasteiger partial charge in [-0.3, -0.25) is 9.63 Å². The first kappa shape index (κ1) is 11.7. The number of benzene rings is 1. The van der Waals surface area contributed by atoms with E-state index in [0.717, 1.165) is 5.56 Å². The van der Waals surface area contributed by atoms with Crippen molar-refractivity contribution in [2.24, 2.45) is 0 Å². The van der Waals surface area contributed by atoms with Crippen molar-refractivity contribution in [1.29, 1.82) is 0 Å². The Labute approximate surface area is 90.6 Å². The van der Waals surface area contributed by atoms with Crippen LogP contribution in [-0.2, 0) is 4.84 Å². The molecule has 15 heavy (non-hydrogen) atoms. The van der Waals surface area contributed by atoms with Crippen molar-refractivity contribution >= 4 is 5.91 Å². The van der Waals surface area contributed by atoms with E-state index in [2.05, 4.69) is 13.8 Å². The number of amides is 1. The van der Waals surface area contributed by atoms with Crippen LogP contribution < -0.4 is 0 Å². The van der Waals surface area contributed by atoms with E-state index in [4.69, 9.17) is 4.84 Å². The highest BCUT2D eigenvalue weighted by Crippen LogP contribution is 2.16. The molecule has 0 heterocycles. The smallest absolute Gasteiger partial charge is 0.274 e. The number of nitrogens with zero attached hydrogens (tertiary/aromatic N) is 1. The van der Waals surface area contributed by atoms with Crippen molar-refractivity contribution in [1.82, 2.24) is 5.06 Å². The highest BCUT2D eigenvalue weighted by Gasteiger charge is 2.11. The van der Waals surface area contributed by atoms with E-state index in [1.54, 1.807) is 13.1 Å². The fraction of sp³-hybridized carbons (Fsp3) is 0.417. The van der Waals surface area contributed by atoms with Crippen LogP contribution in [0, 0.1) is 0 Å².